The van der Waals surface area contributed by atoms with Crippen molar-refractivity contribution in [3.8, 4) is 0 Å². The number of pyridine rings is 1. The summed E-state index contributed by atoms with van der Waals surface area (Å²) in [5.74, 6) is 0.147. The predicted molar refractivity (Wildman–Crippen MR) is 128 cm³/mol. The van der Waals surface area contributed by atoms with Crippen LogP contribution in [0.1, 0.15) is 49.9 Å². The Kier molecular flexibility index (Phi) is 6.55. The van der Waals surface area contributed by atoms with Crippen LogP contribution in [0.25, 0.3) is 10.2 Å². The van der Waals surface area contributed by atoms with Crippen molar-refractivity contribution in [3.63, 3.8) is 0 Å². The summed E-state index contributed by atoms with van der Waals surface area (Å²) >= 11 is 1.59. The Labute approximate surface area is 191 Å². The van der Waals surface area contributed by atoms with E-state index >= 15 is 0 Å². The first-order valence-electron chi connectivity index (χ1n) is 10.9. The second kappa shape index (κ2) is 9.52. The van der Waals surface area contributed by atoms with Gasteiger partial charge in [-0.1, -0.05) is 0 Å². The minimum Gasteiger partial charge on any atom is -0.382 e. The van der Waals surface area contributed by atoms with Crippen LogP contribution in [0.4, 0.5) is 17.2 Å². The standard InChI is InChI=1S/C23H28N6O2S/c1-13(2)27-19-10-21(28-16-7-8-18-20(9-16)32-12-26-18)25-11-17(19)23(31)29-15-5-3-14(4-6-15)22(24)30/h7-15H,3-6H2,1-2H3,(H2,24,30)(H,29,31)(H2,25,27,28). The molecule has 1 aliphatic rings. The molecule has 1 fully saturated rings. The van der Waals surface area contributed by atoms with Crippen molar-refractivity contribution in [3.05, 3.63) is 41.5 Å². The molecule has 5 N–H and O–H groups in total. The first-order valence-corrected chi connectivity index (χ1v) is 11.7. The topological polar surface area (TPSA) is 122 Å². The summed E-state index contributed by atoms with van der Waals surface area (Å²) in [4.78, 5) is 33.2. The van der Waals surface area contributed by atoms with Gasteiger partial charge in [-0.3, -0.25) is 9.59 Å². The van der Waals surface area contributed by atoms with E-state index in [1.807, 2.05) is 43.6 Å². The number of primary amides is 1. The molecule has 8 nitrogen and oxygen atoms in total. The molecule has 2 aromatic heterocycles. The second-order valence-electron chi connectivity index (χ2n) is 8.50. The van der Waals surface area contributed by atoms with Crippen molar-refractivity contribution >= 4 is 50.6 Å². The maximum absolute atomic E-state index is 13.0. The minimum atomic E-state index is -0.250. The normalized spacial score (nSPS) is 18.5. The van der Waals surface area contributed by atoms with E-state index in [-0.39, 0.29) is 29.8 Å². The van der Waals surface area contributed by atoms with Gasteiger partial charge in [-0.15, -0.1) is 11.3 Å². The maximum atomic E-state index is 13.0. The number of anilines is 3. The van der Waals surface area contributed by atoms with Crippen molar-refractivity contribution in [2.45, 2.75) is 51.6 Å². The number of thiazole rings is 1. The van der Waals surface area contributed by atoms with Gasteiger partial charge in [-0.25, -0.2) is 9.97 Å². The molecule has 32 heavy (non-hydrogen) atoms. The van der Waals surface area contributed by atoms with Crippen molar-refractivity contribution in [1.29, 1.82) is 0 Å². The number of hydrogen-bond donors (Lipinski definition) is 4. The highest BCUT2D eigenvalue weighted by molar-refractivity contribution is 7.16. The summed E-state index contributed by atoms with van der Waals surface area (Å²) < 4.78 is 1.09. The Bertz CT molecular complexity index is 1120. The van der Waals surface area contributed by atoms with E-state index in [9.17, 15) is 9.59 Å². The van der Waals surface area contributed by atoms with E-state index in [1.165, 1.54) is 0 Å². The van der Waals surface area contributed by atoms with Crippen molar-refractivity contribution < 1.29 is 9.59 Å². The van der Waals surface area contributed by atoms with Gasteiger partial charge in [0.25, 0.3) is 5.91 Å². The lowest BCUT2D eigenvalue weighted by molar-refractivity contribution is -0.122. The van der Waals surface area contributed by atoms with Gasteiger partial charge < -0.3 is 21.7 Å². The Morgan fingerprint density at radius 1 is 1.12 bits per heavy atom. The molecule has 9 heteroatoms. The molecule has 0 atom stereocenters. The Balaban J connectivity index is 1.49. The lowest BCUT2D eigenvalue weighted by atomic mass is 9.85. The van der Waals surface area contributed by atoms with E-state index in [2.05, 4.69) is 25.9 Å². The molecule has 0 saturated heterocycles. The second-order valence-corrected chi connectivity index (χ2v) is 9.38. The van der Waals surface area contributed by atoms with Crippen LogP contribution in [0.15, 0.2) is 36.0 Å². The third-order valence-electron chi connectivity index (χ3n) is 5.66. The van der Waals surface area contributed by atoms with Crippen LogP contribution in [0.5, 0.6) is 0 Å². The summed E-state index contributed by atoms with van der Waals surface area (Å²) in [6.45, 7) is 4.05. The zero-order valence-corrected chi connectivity index (χ0v) is 19.0. The lowest BCUT2D eigenvalue weighted by Crippen LogP contribution is -2.40. The van der Waals surface area contributed by atoms with Crippen molar-refractivity contribution in [2.24, 2.45) is 11.7 Å². The Morgan fingerprint density at radius 3 is 2.62 bits per heavy atom. The molecule has 4 rings (SSSR count). The molecule has 1 saturated carbocycles. The molecular formula is C23H28N6O2S. The third-order valence-corrected chi connectivity index (χ3v) is 6.45. The molecule has 168 valence electrons. The minimum absolute atomic E-state index is 0.0361. The smallest absolute Gasteiger partial charge is 0.255 e. The van der Waals surface area contributed by atoms with Gasteiger partial charge in [0.15, 0.2) is 0 Å². The highest BCUT2D eigenvalue weighted by Crippen LogP contribution is 2.27. The quantitative estimate of drug-likeness (QED) is 0.429. The fourth-order valence-electron chi connectivity index (χ4n) is 4.00. The number of nitrogens with one attached hydrogen (secondary N) is 3. The van der Waals surface area contributed by atoms with Crippen LogP contribution < -0.4 is 21.7 Å². The number of carbonyl (C=O) groups excluding carboxylic acids is 2. The number of rotatable bonds is 7. The summed E-state index contributed by atoms with van der Waals surface area (Å²) in [6, 6.07) is 8.01. The largest absolute Gasteiger partial charge is 0.382 e. The van der Waals surface area contributed by atoms with Gasteiger partial charge in [0.2, 0.25) is 5.91 Å². The fourth-order valence-corrected chi connectivity index (χ4v) is 4.72. The first kappa shape index (κ1) is 22.0. The summed E-state index contributed by atoms with van der Waals surface area (Å²) in [5, 5.41) is 9.77. The Hall–Kier alpha value is -3.20. The molecular weight excluding hydrogens is 424 g/mol. The highest BCUT2D eigenvalue weighted by atomic mass is 32.1. The van der Waals surface area contributed by atoms with Crippen LogP contribution in [-0.4, -0.2) is 33.9 Å². The number of carbonyl (C=O) groups is 2. The van der Waals surface area contributed by atoms with E-state index in [0.29, 0.717) is 24.2 Å². The third kappa shape index (κ3) is 5.16. The number of nitrogens with two attached hydrogens (primary N) is 1. The van der Waals surface area contributed by atoms with Crippen LogP contribution in [-0.2, 0) is 4.79 Å². The van der Waals surface area contributed by atoms with E-state index in [4.69, 9.17) is 5.73 Å². The SMILES string of the molecule is CC(C)Nc1cc(Nc2ccc3ncsc3c2)ncc1C(=O)NC1CCC(C(N)=O)CC1. The summed E-state index contributed by atoms with van der Waals surface area (Å²) in [6.07, 6.45) is 4.52. The summed E-state index contributed by atoms with van der Waals surface area (Å²) in [5.41, 5.74) is 10.3. The van der Waals surface area contributed by atoms with E-state index in [0.717, 1.165) is 34.4 Å². The fraction of sp³-hybridized carbons (Fsp3) is 0.391. The highest BCUT2D eigenvalue weighted by Gasteiger charge is 2.26. The zero-order valence-electron chi connectivity index (χ0n) is 18.2. The molecule has 2 heterocycles. The average molecular weight is 453 g/mol. The molecule has 1 aromatic carbocycles. The van der Waals surface area contributed by atoms with Crippen molar-refractivity contribution in [2.75, 3.05) is 10.6 Å². The van der Waals surface area contributed by atoms with Gasteiger partial charge in [0, 0.05) is 36.0 Å². The van der Waals surface area contributed by atoms with Crippen LogP contribution >= 0.6 is 11.3 Å². The number of fused-ring (bicyclic) bond motifs is 1. The number of amides is 2. The van der Waals surface area contributed by atoms with E-state index < -0.39 is 0 Å². The molecule has 3 aromatic rings. The van der Waals surface area contributed by atoms with Crippen LogP contribution in [0.3, 0.4) is 0 Å². The molecule has 2 amide bonds. The molecule has 0 bridgehead atoms. The molecule has 0 aliphatic heterocycles. The average Bonchev–Trinajstić information content (AvgIpc) is 3.22. The van der Waals surface area contributed by atoms with Gasteiger partial charge in [-0.2, -0.15) is 0 Å². The van der Waals surface area contributed by atoms with Gasteiger partial charge in [0.05, 0.1) is 27.0 Å². The van der Waals surface area contributed by atoms with Crippen LogP contribution in [0.2, 0.25) is 0 Å². The number of hydrogen-bond acceptors (Lipinski definition) is 7. The predicted octanol–water partition coefficient (Wildman–Crippen LogP) is 4.03. The number of nitrogens with zero attached hydrogens (tertiary/aromatic N) is 2. The zero-order chi connectivity index (χ0) is 22.7. The molecule has 0 radical (unpaired) electrons. The molecule has 0 unspecified atom stereocenters. The van der Waals surface area contributed by atoms with Crippen LogP contribution in [0, 0.1) is 5.92 Å². The molecule has 1 aliphatic carbocycles. The summed E-state index contributed by atoms with van der Waals surface area (Å²) in [7, 11) is 0. The van der Waals surface area contributed by atoms with E-state index in [1.54, 1.807) is 17.5 Å². The van der Waals surface area contributed by atoms with Gasteiger partial charge >= 0.3 is 0 Å². The van der Waals surface area contributed by atoms with Gasteiger partial charge in [0.1, 0.15) is 5.82 Å². The lowest BCUT2D eigenvalue weighted by Gasteiger charge is -2.27. The molecule has 0 spiro atoms. The van der Waals surface area contributed by atoms with Crippen molar-refractivity contribution in [1.82, 2.24) is 15.3 Å². The maximum Gasteiger partial charge on any atom is 0.255 e. The van der Waals surface area contributed by atoms with Gasteiger partial charge in [-0.05, 0) is 57.7 Å². The number of benzene rings is 1. The monoisotopic (exact) mass is 452 g/mol. The number of aromatic nitrogens is 2. The Morgan fingerprint density at radius 2 is 1.91 bits per heavy atom. The first-order chi connectivity index (χ1) is 15.4.